The van der Waals surface area contributed by atoms with Crippen LogP contribution in [0, 0.1) is 0 Å². The topological polar surface area (TPSA) is 65.5 Å². The number of hydrogen-bond donors (Lipinski definition) is 1. The molecule has 0 bridgehead atoms. The predicted octanol–water partition coefficient (Wildman–Crippen LogP) is 5.82. The van der Waals surface area contributed by atoms with Gasteiger partial charge in [0.1, 0.15) is 6.04 Å². The van der Waals surface area contributed by atoms with Crippen LogP contribution in [0.25, 0.3) is 11.1 Å². The smallest absolute Gasteiger partial charge is 0.251 e. The van der Waals surface area contributed by atoms with Gasteiger partial charge >= 0.3 is 0 Å². The Labute approximate surface area is 230 Å². The summed E-state index contributed by atoms with van der Waals surface area (Å²) in [5.41, 5.74) is 4.31. The van der Waals surface area contributed by atoms with Gasteiger partial charge in [0, 0.05) is 36.3 Å². The molecule has 0 aliphatic carbocycles. The molecule has 4 aromatic rings. The molecule has 3 aromatic carbocycles. The second-order valence-electron chi connectivity index (χ2n) is 9.62. The summed E-state index contributed by atoms with van der Waals surface area (Å²) in [5, 5.41) is 3.12. The summed E-state index contributed by atoms with van der Waals surface area (Å²) in [7, 11) is 3.87. The molecule has 0 radical (unpaired) electrons. The fraction of sp³-hybridized carbons (Fsp3) is 0.182. The van der Waals surface area contributed by atoms with Crippen molar-refractivity contribution in [3.05, 3.63) is 133 Å². The van der Waals surface area contributed by atoms with Crippen LogP contribution < -0.4 is 10.2 Å². The number of amides is 2. The van der Waals surface area contributed by atoms with Crippen LogP contribution in [0.4, 0.5) is 5.69 Å². The summed E-state index contributed by atoms with van der Waals surface area (Å²) < 4.78 is 0. The summed E-state index contributed by atoms with van der Waals surface area (Å²) in [4.78, 5) is 35.5. The molecule has 39 heavy (non-hydrogen) atoms. The van der Waals surface area contributed by atoms with Gasteiger partial charge in [-0.25, -0.2) is 0 Å². The Hall–Kier alpha value is -4.55. The van der Waals surface area contributed by atoms with Crippen molar-refractivity contribution in [1.82, 2.24) is 15.2 Å². The SMILES string of the molecule is CC(NC(=O)C(c1cccnc1)N(C(=O)/C=C/CN(C)C)c1ccc(-c2ccccc2)cc1)c1ccccc1. The highest BCUT2D eigenvalue weighted by Gasteiger charge is 2.33. The van der Waals surface area contributed by atoms with Crippen LogP contribution in [-0.4, -0.2) is 42.3 Å². The Morgan fingerprint density at radius 2 is 1.44 bits per heavy atom. The largest absolute Gasteiger partial charge is 0.347 e. The summed E-state index contributed by atoms with van der Waals surface area (Å²) >= 11 is 0. The second-order valence-corrected chi connectivity index (χ2v) is 9.62. The zero-order valence-electron chi connectivity index (χ0n) is 22.6. The lowest BCUT2D eigenvalue weighted by Crippen LogP contribution is -2.44. The number of nitrogens with one attached hydrogen (secondary N) is 1. The highest BCUT2D eigenvalue weighted by atomic mass is 16.2. The van der Waals surface area contributed by atoms with Gasteiger partial charge in [-0.2, -0.15) is 0 Å². The van der Waals surface area contributed by atoms with E-state index >= 15 is 0 Å². The molecule has 2 atom stereocenters. The van der Waals surface area contributed by atoms with Crippen molar-refractivity contribution in [3.8, 4) is 11.1 Å². The first-order valence-electron chi connectivity index (χ1n) is 13.0. The van der Waals surface area contributed by atoms with Crippen molar-refractivity contribution >= 4 is 17.5 Å². The molecule has 2 unspecified atom stereocenters. The zero-order chi connectivity index (χ0) is 27.6. The van der Waals surface area contributed by atoms with Gasteiger partial charge in [0.25, 0.3) is 5.91 Å². The number of aromatic nitrogens is 1. The Kier molecular flexibility index (Phi) is 9.38. The fourth-order valence-electron chi connectivity index (χ4n) is 4.37. The number of likely N-dealkylation sites (N-methyl/N-ethyl adjacent to an activating group) is 1. The van der Waals surface area contributed by atoms with Gasteiger partial charge in [0.15, 0.2) is 0 Å². The third-order valence-corrected chi connectivity index (χ3v) is 6.39. The molecule has 1 N–H and O–H groups in total. The van der Waals surface area contributed by atoms with Gasteiger partial charge in [0.2, 0.25) is 5.91 Å². The minimum atomic E-state index is -0.927. The Morgan fingerprint density at radius 1 is 0.821 bits per heavy atom. The lowest BCUT2D eigenvalue weighted by molar-refractivity contribution is -0.125. The molecule has 0 fully saturated rings. The van der Waals surface area contributed by atoms with E-state index in [0.29, 0.717) is 17.8 Å². The molecule has 1 aromatic heterocycles. The van der Waals surface area contributed by atoms with E-state index < -0.39 is 6.04 Å². The second kappa shape index (κ2) is 13.3. The molecule has 0 spiro atoms. The van der Waals surface area contributed by atoms with Crippen LogP contribution in [-0.2, 0) is 9.59 Å². The highest BCUT2D eigenvalue weighted by Crippen LogP contribution is 2.31. The quantitative estimate of drug-likeness (QED) is 0.269. The summed E-state index contributed by atoms with van der Waals surface area (Å²) in [6.07, 6.45) is 6.63. The number of pyridine rings is 1. The van der Waals surface area contributed by atoms with E-state index in [2.05, 4.69) is 10.3 Å². The molecule has 6 nitrogen and oxygen atoms in total. The Morgan fingerprint density at radius 3 is 2.05 bits per heavy atom. The van der Waals surface area contributed by atoms with Gasteiger partial charge in [-0.05, 0) is 55.9 Å². The number of rotatable bonds is 10. The molecule has 0 saturated carbocycles. The van der Waals surface area contributed by atoms with Crippen molar-refractivity contribution in [1.29, 1.82) is 0 Å². The summed E-state index contributed by atoms with van der Waals surface area (Å²) in [5.74, 6) is -0.582. The maximum absolute atomic E-state index is 14.0. The van der Waals surface area contributed by atoms with E-state index in [1.807, 2.05) is 117 Å². The molecular weight excluding hydrogens is 484 g/mol. The third-order valence-electron chi connectivity index (χ3n) is 6.39. The summed E-state index contributed by atoms with van der Waals surface area (Å²) in [6.45, 7) is 2.53. The minimum Gasteiger partial charge on any atom is -0.347 e. The van der Waals surface area contributed by atoms with Gasteiger partial charge < -0.3 is 10.2 Å². The van der Waals surface area contributed by atoms with Gasteiger partial charge in [0.05, 0.1) is 6.04 Å². The van der Waals surface area contributed by atoms with Crippen LogP contribution in [0.5, 0.6) is 0 Å². The van der Waals surface area contributed by atoms with Gasteiger partial charge in [-0.15, -0.1) is 0 Å². The van der Waals surface area contributed by atoms with Crippen molar-refractivity contribution in [2.45, 2.75) is 19.0 Å². The minimum absolute atomic E-state index is 0.250. The predicted molar refractivity (Wildman–Crippen MR) is 157 cm³/mol. The molecular formula is C33H34N4O2. The molecule has 1 heterocycles. The normalized spacial score (nSPS) is 12.7. The number of anilines is 1. The maximum atomic E-state index is 14.0. The van der Waals surface area contributed by atoms with Crippen LogP contribution in [0.15, 0.2) is 122 Å². The Balaban J connectivity index is 1.74. The number of nitrogens with zero attached hydrogens (tertiary/aromatic N) is 3. The number of hydrogen-bond acceptors (Lipinski definition) is 4. The molecule has 2 amide bonds. The fourth-order valence-corrected chi connectivity index (χ4v) is 4.37. The number of benzene rings is 3. The first kappa shape index (κ1) is 27.5. The van der Waals surface area contributed by atoms with Crippen LogP contribution in [0.3, 0.4) is 0 Å². The van der Waals surface area contributed by atoms with Crippen molar-refractivity contribution in [2.75, 3.05) is 25.5 Å². The molecule has 4 rings (SSSR count). The summed E-state index contributed by atoms with van der Waals surface area (Å²) in [6, 6.07) is 29.9. The van der Waals surface area contributed by atoms with Crippen molar-refractivity contribution in [2.24, 2.45) is 0 Å². The maximum Gasteiger partial charge on any atom is 0.251 e. The molecule has 6 heteroatoms. The van der Waals surface area contributed by atoms with Crippen molar-refractivity contribution in [3.63, 3.8) is 0 Å². The first-order valence-corrected chi connectivity index (χ1v) is 13.0. The van der Waals surface area contributed by atoms with E-state index in [1.54, 1.807) is 29.4 Å². The molecule has 198 valence electrons. The average molecular weight is 519 g/mol. The highest BCUT2D eigenvalue weighted by molar-refractivity contribution is 6.06. The van der Waals surface area contributed by atoms with E-state index in [4.69, 9.17) is 0 Å². The standard InChI is InChI=1S/C33H34N4O2/c1-25(26-12-6-4-7-13-26)35-33(39)32(29-16-10-22-34-24-29)37(31(38)17-11-23-36(2)3)30-20-18-28(19-21-30)27-14-8-5-9-15-27/h4-22,24-25,32H,23H2,1-3H3,(H,35,39)/b17-11+. The number of carbonyl (C=O) groups is 2. The van der Waals surface area contributed by atoms with Gasteiger partial charge in [-0.3, -0.25) is 19.5 Å². The van der Waals surface area contributed by atoms with Crippen molar-refractivity contribution < 1.29 is 9.59 Å². The third kappa shape index (κ3) is 7.27. The monoisotopic (exact) mass is 518 g/mol. The van der Waals surface area contributed by atoms with Crippen LogP contribution in [0.2, 0.25) is 0 Å². The molecule has 0 aliphatic rings. The lowest BCUT2D eigenvalue weighted by atomic mass is 10.0. The first-order chi connectivity index (χ1) is 18.9. The Bertz CT molecular complexity index is 1370. The molecule has 0 saturated heterocycles. The van der Waals surface area contributed by atoms with E-state index in [-0.39, 0.29) is 17.9 Å². The molecule has 0 aliphatic heterocycles. The van der Waals surface area contributed by atoms with Gasteiger partial charge in [-0.1, -0.05) is 84.9 Å². The lowest BCUT2D eigenvalue weighted by Gasteiger charge is -2.31. The van der Waals surface area contributed by atoms with Crippen LogP contribution >= 0.6 is 0 Å². The van der Waals surface area contributed by atoms with E-state index in [9.17, 15) is 9.59 Å². The number of carbonyl (C=O) groups excluding carboxylic acids is 2. The zero-order valence-corrected chi connectivity index (χ0v) is 22.6. The van der Waals surface area contributed by atoms with E-state index in [0.717, 1.165) is 16.7 Å². The van der Waals surface area contributed by atoms with Crippen LogP contribution in [0.1, 0.15) is 30.1 Å². The van der Waals surface area contributed by atoms with E-state index in [1.165, 1.54) is 6.08 Å². The average Bonchev–Trinajstić information content (AvgIpc) is 2.97.